The summed E-state index contributed by atoms with van der Waals surface area (Å²) < 4.78 is 11.2. The highest BCUT2D eigenvalue weighted by atomic mass is 32.2. The maximum absolute atomic E-state index is 11.0. The Bertz CT molecular complexity index is 928. The van der Waals surface area contributed by atoms with Crippen LogP contribution in [0.25, 0.3) is 22.6 Å². The smallest absolute Gasteiger partial charge is 0.407 e. The first-order valence-electron chi connectivity index (χ1n) is 8.51. The normalized spacial score (nSPS) is 15.7. The molecule has 1 aliphatic rings. The average Bonchev–Trinajstić information content (AvgIpc) is 3.28. The molecule has 8 heteroatoms. The lowest BCUT2D eigenvalue weighted by Gasteiger charge is -2.29. The van der Waals surface area contributed by atoms with E-state index in [9.17, 15) is 4.79 Å². The van der Waals surface area contributed by atoms with E-state index in [-0.39, 0.29) is 0 Å². The Balaban J connectivity index is 1.45. The molecule has 0 unspecified atom stereocenters. The first kappa shape index (κ1) is 17.0. The third-order valence-electron chi connectivity index (χ3n) is 4.76. The van der Waals surface area contributed by atoms with Crippen LogP contribution in [0.3, 0.4) is 0 Å². The molecule has 1 aromatic carbocycles. The van der Waals surface area contributed by atoms with Crippen LogP contribution in [-0.2, 0) is 6.42 Å². The van der Waals surface area contributed by atoms with E-state index in [1.165, 1.54) is 9.80 Å². The summed E-state index contributed by atoms with van der Waals surface area (Å²) in [6.45, 7) is 1.12. The van der Waals surface area contributed by atoms with Gasteiger partial charge in [-0.1, -0.05) is 5.16 Å². The predicted molar refractivity (Wildman–Crippen MR) is 97.3 cm³/mol. The zero-order valence-electron chi connectivity index (χ0n) is 14.3. The van der Waals surface area contributed by atoms with Crippen molar-refractivity contribution in [2.75, 3.05) is 19.3 Å². The number of carboxylic acid groups (broad SMARTS) is 1. The fourth-order valence-corrected chi connectivity index (χ4v) is 3.73. The minimum absolute atomic E-state index is 0.371. The van der Waals surface area contributed by atoms with Gasteiger partial charge in [0.15, 0.2) is 11.6 Å². The fourth-order valence-electron chi connectivity index (χ4n) is 3.28. The van der Waals surface area contributed by atoms with Gasteiger partial charge in [0.2, 0.25) is 0 Å². The number of fused-ring (bicyclic) bond motifs is 1. The molecule has 0 atom stereocenters. The van der Waals surface area contributed by atoms with E-state index >= 15 is 0 Å². The Morgan fingerprint density at radius 1 is 1.35 bits per heavy atom. The Morgan fingerprint density at radius 2 is 2.15 bits per heavy atom. The number of aromatic nitrogens is 2. The van der Waals surface area contributed by atoms with Crippen molar-refractivity contribution in [3.05, 3.63) is 30.1 Å². The van der Waals surface area contributed by atoms with Crippen molar-refractivity contribution in [3.8, 4) is 11.7 Å². The number of benzene rings is 1. The zero-order chi connectivity index (χ0) is 18.1. The van der Waals surface area contributed by atoms with Crippen molar-refractivity contribution in [2.45, 2.75) is 24.2 Å². The molecule has 0 spiro atoms. The van der Waals surface area contributed by atoms with Crippen molar-refractivity contribution in [1.29, 1.82) is 0 Å². The first-order chi connectivity index (χ1) is 12.6. The molecule has 1 N–H and O–H groups in total. The molecular formula is C18H19N3O4S. The number of hydrogen-bond donors (Lipinski definition) is 1. The number of amides is 1. The average molecular weight is 373 g/mol. The van der Waals surface area contributed by atoms with Crippen LogP contribution in [0.4, 0.5) is 4.79 Å². The van der Waals surface area contributed by atoms with Gasteiger partial charge in [0, 0.05) is 29.8 Å². The lowest BCUT2D eigenvalue weighted by Crippen LogP contribution is -2.37. The quantitative estimate of drug-likeness (QED) is 0.687. The second-order valence-corrected chi connectivity index (χ2v) is 7.33. The summed E-state index contributed by atoms with van der Waals surface area (Å²) in [6.07, 6.45) is 3.51. The monoisotopic (exact) mass is 373 g/mol. The van der Waals surface area contributed by atoms with Crippen LogP contribution in [0.15, 0.2) is 38.1 Å². The van der Waals surface area contributed by atoms with Gasteiger partial charge in [-0.05, 0) is 49.3 Å². The van der Waals surface area contributed by atoms with Gasteiger partial charge >= 0.3 is 6.09 Å². The fraction of sp³-hybridized carbons (Fsp3) is 0.389. The number of furan rings is 1. The number of rotatable bonds is 4. The molecule has 3 aromatic rings. The van der Waals surface area contributed by atoms with Crippen molar-refractivity contribution >= 4 is 28.8 Å². The van der Waals surface area contributed by atoms with Crippen LogP contribution >= 0.6 is 11.8 Å². The van der Waals surface area contributed by atoms with Gasteiger partial charge < -0.3 is 18.9 Å². The largest absolute Gasteiger partial charge is 0.465 e. The molecule has 1 fully saturated rings. The van der Waals surface area contributed by atoms with E-state index in [1.807, 2.05) is 24.5 Å². The summed E-state index contributed by atoms with van der Waals surface area (Å²) in [5, 5.41) is 14.1. The highest BCUT2D eigenvalue weighted by Gasteiger charge is 2.24. The highest BCUT2D eigenvalue weighted by molar-refractivity contribution is 7.98. The molecule has 136 valence electrons. The Morgan fingerprint density at radius 3 is 2.88 bits per heavy atom. The third kappa shape index (κ3) is 3.41. The molecule has 7 nitrogen and oxygen atoms in total. The van der Waals surface area contributed by atoms with Gasteiger partial charge in [-0.2, -0.15) is 4.98 Å². The SMILES string of the molecule is CSc1ccc2oc(-c3nc(CC4CCN(C(=O)O)CC4)no3)cc2c1. The van der Waals surface area contributed by atoms with E-state index in [0.717, 1.165) is 23.8 Å². The summed E-state index contributed by atoms with van der Waals surface area (Å²) in [5.74, 6) is 1.96. The molecule has 1 amide bonds. The van der Waals surface area contributed by atoms with Gasteiger partial charge in [-0.25, -0.2) is 4.79 Å². The summed E-state index contributed by atoms with van der Waals surface area (Å²) in [5.41, 5.74) is 0.790. The van der Waals surface area contributed by atoms with E-state index < -0.39 is 6.09 Å². The molecule has 3 heterocycles. The maximum atomic E-state index is 11.0. The lowest BCUT2D eigenvalue weighted by molar-refractivity contribution is 0.124. The molecule has 0 radical (unpaired) electrons. The van der Waals surface area contributed by atoms with Gasteiger partial charge in [0.25, 0.3) is 5.89 Å². The number of nitrogens with zero attached hydrogens (tertiary/aromatic N) is 3. The van der Waals surface area contributed by atoms with E-state index in [0.29, 0.717) is 42.9 Å². The Labute approximate surface area is 154 Å². The standard InChI is InChI=1S/C18H19N3O4S/c1-26-13-2-3-14-12(9-13)10-15(24-14)17-19-16(20-25-17)8-11-4-6-21(7-5-11)18(22)23/h2-3,9-11H,4-8H2,1H3,(H,22,23). The number of carbonyl (C=O) groups is 1. The van der Waals surface area contributed by atoms with Gasteiger partial charge in [0.1, 0.15) is 5.58 Å². The second kappa shape index (κ2) is 7.03. The molecule has 1 aliphatic heterocycles. The number of likely N-dealkylation sites (tertiary alicyclic amines) is 1. The van der Waals surface area contributed by atoms with Crippen molar-refractivity contribution < 1.29 is 18.8 Å². The topological polar surface area (TPSA) is 92.6 Å². The van der Waals surface area contributed by atoms with Gasteiger partial charge in [-0.3, -0.25) is 0 Å². The van der Waals surface area contributed by atoms with Crippen molar-refractivity contribution in [1.82, 2.24) is 15.0 Å². The van der Waals surface area contributed by atoms with E-state index in [2.05, 4.69) is 16.2 Å². The van der Waals surface area contributed by atoms with Crippen LogP contribution in [0.1, 0.15) is 18.7 Å². The highest BCUT2D eigenvalue weighted by Crippen LogP contribution is 2.30. The Hall–Kier alpha value is -2.48. The van der Waals surface area contributed by atoms with Crippen LogP contribution < -0.4 is 0 Å². The molecule has 4 rings (SSSR count). The summed E-state index contributed by atoms with van der Waals surface area (Å²) >= 11 is 1.68. The molecule has 0 saturated carbocycles. The molecular weight excluding hydrogens is 354 g/mol. The molecule has 0 aliphatic carbocycles. The Kier molecular flexibility index (Phi) is 4.58. The first-order valence-corrected chi connectivity index (χ1v) is 9.73. The van der Waals surface area contributed by atoms with Gasteiger partial charge in [0.05, 0.1) is 0 Å². The third-order valence-corrected chi connectivity index (χ3v) is 5.48. The summed E-state index contributed by atoms with van der Waals surface area (Å²) in [7, 11) is 0. The number of thioether (sulfide) groups is 1. The van der Waals surface area contributed by atoms with Crippen LogP contribution in [0, 0.1) is 5.92 Å². The molecule has 2 aromatic heterocycles. The van der Waals surface area contributed by atoms with Crippen LogP contribution in [0.2, 0.25) is 0 Å². The molecule has 1 saturated heterocycles. The predicted octanol–water partition coefficient (Wildman–Crippen LogP) is 4.14. The van der Waals surface area contributed by atoms with Crippen molar-refractivity contribution in [3.63, 3.8) is 0 Å². The summed E-state index contributed by atoms with van der Waals surface area (Å²) in [6, 6.07) is 7.94. The second-order valence-electron chi connectivity index (χ2n) is 6.45. The van der Waals surface area contributed by atoms with Crippen LogP contribution in [-0.4, -0.2) is 45.6 Å². The number of piperidine rings is 1. The van der Waals surface area contributed by atoms with Crippen LogP contribution in [0.5, 0.6) is 0 Å². The van der Waals surface area contributed by atoms with Crippen molar-refractivity contribution in [2.24, 2.45) is 5.92 Å². The lowest BCUT2D eigenvalue weighted by atomic mass is 9.93. The molecule has 26 heavy (non-hydrogen) atoms. The summed E-state index contributed by atoms with van der Waals surface area (Å²) in [4.78, 5) is 18.1. The minimum atomic E-state index is -0.847. The maximum Gasteiger partial charge on any atom is 0.407 e. The van der Waals surface area contributed by atoms with Gasteiger partial charge in [-0.15, -0.1) is 11.8 Å². The minimum Gasteiger partial charge on any atom is -0.465 e. The molecule has 0 bridgehead atoms. The van der Waals surface area contributed by atoms with E-state index in [4.69, 9.17) is 14.0 Å². The zero-order valence-corrected chi connectivity index (χ0v) is 15.2. The number of hydrogen-bond acceptors (Lipinski definition) is 6. The van der Waals surface area contributed by atoms with E-state index in [1.54, 1.807) is 11.8 Å².